The van der Waals surface area contributed by atoms with Crippen molar-refractivity contribution < 1.29 is 9.18 Å². The fourth-order valence-corrected chi connectivity index (χ4v) is 5.18. The second-order valence-electron chi connectivity index (χ2n) is 9.02. The molecule has 174 valence electrons. The number of hydrogen-bond donors (Lipinski definition) is 1. The molecule has 3 atom stereocenters. The number of amides is 1. The molecule has 1 amide bonds. The summed E-state index contributed by atoms with van der Waals surface area (Å²) in [5, 5.41) is 12.3. The van der Waals surface area contributed by atoms with Crippen LogP contribution in [0.4, 0.5) is 10.1 Å². The maximum absolute atomic E-state index is 14.5. The standard InChI is InChI=1S/C24H28ClFN6O/c1-15-14-30(24(33)22-4-3-9-27-22)10-11-31(15)18-6-8-21-23(13-18)32(29-28-21)16(2)19-7-5-17(25)12-20(19)26/h5-8,12-13,15-16,22,27H,3-4,9-11,14H2,1-2H3/t15-,16?,22+/m0/s1. The van der Waals surface area contributed by atoms with Gasteiger partial charge in [0.05, 0.1) is 17.6 Å². The summed E-state index contributed by atoms with van der Waals surface area (Å²) in [7, 11) is 0. The number of benzene rings is 2. The highest BCUT2D eigenvalue weighted by molar-refractivity contribution is 6.30. The third-order valence-corrected chi connectivity index (χ3v) is 7.10. The highest BCUT2D eigenvalue weighted by Gasteiger charge is 2.32. The number of fused-ring (bicyclic) bond motifs is 1. The van der Waals surface area contributed by atoms with Crippen LogP contribution in [0, 0.1) is 5.82 Å². The smallest absolute Gasteiger partial charge is 0.239 e. The van der Waals surface area contributed by atoms with Crippen LogP contribution in [0.2, 0.25) is 5.02 Å². The lowest BCUT2D eigenvalue weighted by Crippen LogP contribution is -2.56. The first-order chi connectivity index (χ1) is 15.9. The maximum atomic E-state index is 14.5. The largest absolute Gasteiger partial charge is 0.365 e. The molecule has 0 bridgehead atoms. The Bertz CT molecular complexity index is 1180. The SMILES string of the molecule is CC(c1ccc(Cl)cc1F)n1nnc2ccc(N3CCN(C(=O)[C@H]4CCCN4)C[C@@H]3C)cc21. The minimum atomic E-state index is -0.360. The molecule has 3 aromatic rings. The molecule has 0 saturated carbocycles. The van der Waals surface area contributed by atoms with Crippen molar-refractivity contribution in [1.82, 2.24) is 25.2 Å². The van der Waals surface area contributed by atoms with Gasteiger partial charge in [-0.15, -0.1) is 5.10 Å². The predicted octanol–water partition coefficient (Wildman–Crippen LogP) is 3.62. The zero-order valence-corrected chi connectivity index (χ0v) is 19.6. The van der Waals surface area contributed by atoms with Gasteiger partial charge in [0.25, 0.3) is 0 Å². The number of nitrogens with one attached hydrogen (secondary N) is 1. The molecule has 0 aliphatic carbocycles. The van der Waals surface area contributed by atoms with Crippen molar-refractivity contribution >= 4 is 34.2 Å². The lowest BCUT2D eigenvalue weighted by Gasteiger charge is -2.42. The van der Waals surface area contributed by atoms with Gasteiger partial charge in [0.1, 0.15) is 11.3 Å². The molecule has 9 heteroatoms. The van der Waals surface area contributed by atoms with Gasteiger partial charge in [0, 0.05) is 41.9 Å². The second kappa shape index (κ2) is 8.91. The molecule has 2 aliphatic rings. The minimum absolute atomic E-state index is 0.0322. The number of aromatic nitrogens is 3. The number of halogens is 2. The van der Waals surface area contributed by atoms with Gasteiger partial charge in [0.2, 0.25) is 5.91 Å². The second-order valence-corrected chi connectivity index (χ2v) is 9.46. The van der Waals surface area contributed by atoms with Gasteiger partial charge in [0.15, 0.2) is 0 Å². The van der Waals surface area contributed by atoms with Crippen molar-refractivity contribution in [2.75, 3.05) is 31.1 Å². The Hall–Kier alpha value is -2.71. The van der Waals surface area contributed by atoms with Gasteiger partial charge in [-0.05, 0) is 63.6 Å². The Morgan fingerprint density at radius 2 is 2.09 bits per heavy atom. The van der Waals surface area contributed by atoms with Crippen LogP contribution < -0.4 is 10.2 Å². The van der Waals surface area contributed by atoms with E-state index in [9.17, 15) is 9.18 Å². The predicted molar refractivity (Wildman–Crippen MR) is 127 cm³/mol. The van der Waals surface area contributed by atoms with E-state index in [0.717, 1.165) is 42.7 Å². The summed E-state index contributed by atoms with van der Waals surface area (Å²) in [4.78, 5) is 17.1. The third-order valence-electron chi connectivity index (χ3n) is 6.86. The van der Waals surface area contributed by atoms with Crippen LogP contribution in [0.15, 0.2) is 36.4 Å². The van der Waals surface area contributed by atoms with Crippen molar-refractivity contribution in [3.8, 4) is 0 Å². The van der Waals surface area contributed by atoms with Crippen molar-refractivity contribution in [3.05, 3.63) is 52.8 Å². The number of rotatable bonds is 4. The fraction of sp³-hybridized carbons (Fsp3) is 0.458. The lowest BCUT2D eigenvalue weighted by atomic mass is 10.1. The van der Waals surface area contributed by atoms with E-state index in [2.05, 4.69) is 33.5 Å². The first-order valence-electron chi connectivity index (χ1n) is 11.5. The average molecular weight is 471 g/mol. The maximum Gasteiger partial charge on any atom is 0.239 e. The molecule has 2 aromatic carbocycles. The van der Waals surface area contributed by atoms with Gasteiger partial charge < -0.3 is 15.1 Å². The van der Waals surface area contributed by atoms with Crippen LogP contribution in [-0.2, 0) is 4.79 Å². The van der Waals surface area contributed by atoms with Crippen molar-refractivity contribution in [2.24, 2.45) is 0 Å². The van der Waals surface area contributed by atoms with Crippen LogP contribution in [0.5, 0.6) is 0 Å². The molecule has 5 rings (SSSR count). The number of piperazine rings is 1. The Labute approximate surface area is 197 Å². The molecular formula is C24H28ClFN6O. The molecule has 0 radical (unpaired) electrons. The molecular weight excluding hydrogens is 443 g/mol. The Morgan fingerprint density at radius 3 is 2.82 bits per heavy atom. The van der Waals surface area contributed by atoms with E-state index in [-0.39, 0.29) is 29.8 Å². The molecule has 2 saturated heterocycles. The fourth-order valence-electron chi connectivity index (χ4n) is 5.02. The van der Waals surface area contributed by atoms with E-state index in [4.69, 9.17) is 11.6 Å². The van der Waals surface area contributed by atoms with Crippen LogP contribution in [0.3, 0.4) is 0 Å². The van der Waals surface area contributed by atoms with E-state index in [0.29, 0.717) is 23.7 Å². The molecule has 1 aromatic heterocycles. The highest BCUT2D eigenvalue weighted by atomic mass is 35.5. The molecule has 0 spiro atoms. The number of nitrogens with zero attached hydrogens (tertiary/aromatic N) is 5. The third kappa shape index (κ3) is 4.17. The zero-order chi connectivity index (χ0) is 23.1. The average Bonchev–Trinajstić information content (AvgIpc) is 3.48. The van der Waals surface area contributed by atoms with Crippen LogP contribution in [-0.4, -0.2) is 64.1 Å². The van der Waals surface area contributed by atoms with E-state index in [1.165, 1.54) is 6.07 Å². The van der Waals surface area contributed by atoms with E-state index in [1.54, 1.807) is 16.8 Å². The van der Waals surface area contributed by atoms with E-state index < -0.39 is 0 Å². The number of carbonyl (C=O) groups excluding carboxylic acids is 1. The lowest BCUT2D eigenvalue weighted by molar-refractivity contribution is -0.133. The molecule has 1 unspecified atom stereocenters. The highest BCUT2D eigenvalue weighted by Crippen LogP contribution is 2.29. The molecule has 2 aliphatic heterocycles. The summed E-state index contributed by atoms with van der Waals surface area (Å²) in [6.45, 7) is 7.12. The summed E-state index contributed by atoms with van der Waals surface area (Å²) < 4.78 is 16.3. The van der Waals surface area contributed by atoms with Crippen molar-refractivity contribution in [2.45, 2.75) is 44.8 Å². The number of hydrogen-bond acceptors (Lipinski definition) is 5. The molecule has 7 nitrogen and oxygen atoms in total. The van der Waals surface area contributed by atoms with E-state index in [1.807, 2.05) is 24.0 Å². The monoisotopic (exact) mass is 470 g/mol. The first-order valence-corrected chi connectivity index (χ1v) is 11.9. The summed E-state index contributed by atoms with van der Waals surface area (Å²) >= 11 is 5.92. The van der Waals surface area contributed by atoms with Crippen molar-refractivity contribution in [3.63, 3.8) is 0 Å². The van der Waals surface area contributed by atoms with Gasteiger partial charge in [-0.3, -0.25) is 4.79 Å². The first kappa shape index (κ1) is 22.1. The van der Waals surface area contributed by atoms with Gasteiger partial charge in [-0.2, -0.15) is 0 Å². The van der Waals surface area contributed by atoms with Crippen molar-refractivity contribution in [1.29, 1.82) is 0 Å². The molecule has 2 fully saturated rings. The summed E-state index contributed by atoms with van der Waals surface area (Å²) in [6.07, 6.45) is 1.99. The Morgan fingerprint density at radius 1 is 1.24 bits per heavy atom. The van der Waals surface area contributed by atoms with Crippen LogP contribution in [0.25, 0.3) is 11.0 Å². The number of anilines is 1. The molecule has 1 N–H and O–H groups in total. The molecule has 3 heterocycles. The number of carbonyl (C=O) groups is 1. The van der Waals surface area contributed by atoms with Crippen LogP contribution >= 0.6 is 11.6 Å². The summed E-state index contributed by atoms with van der Waals surface area (Å²) in [5.74, 6) is -0.142. The van der Waals surface area contributed by atoms with Gasteiger partial charge in [-0.1, -0.05) is 22.9 Å². The minimum Gasteiger partial charge on any atom is -0.365 e. The quantitative estimate of drug-likeness (QED) is 0.630. The summed E-state index contributed by atoms with van der Waals surface area (Å²) in [5.41, 5.74) is 3.16. The van der Waals surface area contributed by atoms with Gasteiger partial charge >= 0.3 is 0 Å². The van der Waals surface area contributed by atoms with E-state index >= 15 is 0 Å². The Balaban J connectivity index is 1.38. The zero-order valence-electron chi connectivity index (χ0n) is 18.8. The van der Waals surface area contributed by atoms with Crippen LogP contribution in [0.1, 0.15) is 38.3 Å². The summed E-state index contributed by atoms with van der Waals surface area (Å²) in [6, 6.07) is 10.6. The normalized spacial score (nSPS) is 22.2. The Kier molecular flexibility index (Phi) is 5.97. The van der Waals surface area contributed by atoms with Gasteiger partial charge in [-0.25, -0.2) is 9.07 Å². The topological polar surface area (TPSA) is 66.3 Å². The molecule has 33 heavy (non-hydrogen) atoms.